The zero-order valence-corrected chi connectivity index (χ0v) is 13.6. The number of halogens is 2. The van der Waals surface area contributed by atoms with E-state index in [1.54, 1.807) is 19.1 Å². The van der Waals surface area contributed by atoms with Gasteiger partial charge in [-0.05, 0) is 37.8 Å². The van der Waals surface area contributed by atoms with Crippen molar-refractivity contribution in [2.45, 2.75) is 51.7 Å². The van der Waals surface area contributed by atoms with Crippen LogP contribution < -0.4 is 4.74 Å². The molecule has 20 heavy (non-hydrogen) atoms. The molecule has 0 aromatic heterocycles. The zero-order valence-electron chi connectivity index (χ0n) is 12.1. The maximum absolute atomic E-state index is 9.81. The summed E-state index contributed by atoms with van der Waals surface area (Å²) in [6, 6.07) is 3.45. The maximum Gasteiger partial charge on any atom is 0.141 e. The molecule has 1 aromatic carbocycles. The summed E-state index contributed by atoms with van der Waals surface area (Å²) in [7, 11) is 0. The van der Waals surface area contributed by atoms with Crippen molar-refractivity contribution < 1.29 is 14.9 Å². The molecular weight excluding hydrogens is 299 g/mol. The molecule has 1 aromatic rings. The quantitative estimate of drug-likeness (QED) is 0.797. The maximum atomic E-state index is 9.81. The number of rotatable bonds is 7. The monoisotopic (exact) mass is 320 g/mol. The zero-order chi connectivity index (χ0) is 15.3. The molecular formula is C15H22Cl2O3. The number of hydrogen-bond donors (Lipinski definition) is 2. The summed E-state index contributed by atoms with van der Waals surface area (Å²) >= 11 is 12.2. The summed E-state index contributed by atoms with van der Waals surface area (Å²) in [5.41, 5.74) is 0.857. The van der Waals surface area contributed by atoms with Gasteiger partial charge in [0, 0.05) is 10.6 Å². The van der Waals surface area contributed by atoms with E-state index in [0.29, 0.717) is 28.8 Å². The van der Waals surface area contributed by atoms with Crippen molar-refractivity contribution in [3.63, 3.8) is 0 Å². The van der Waals surface area contributed by atoms with Gasteiger partial charge in [-0.1, -0.05) is 37.0 Å². The lowest BCUT2D eigenvalue weighted by Gasteiger charge is -2.22. The molecule has 3 unspecified atom stereocenters. The second-order valence-corrected chi connectivity index (χ2v) is 5.94. The van der Waals surface area contributed by atoms with Crippen LogP contribution in [-0.4, -0.2) is 29.0 Å². The lowest BCUT2D eigenvalue weighted by atomic mass is 9.92. The van der Waals surface area contributed by atoms with E-state index in [1.807, 2.05) is 13.8 Å². The predicted octanol–water partition coefficient (Wildman–Crippen LogP) is 4.02. The summed E-state index contributed by atoms with van der Waals surface area (Å²) in [6.45, 7) is 6.10. The van der Waals surface area contributed by atoms with Crippen LogP contribution in [0.5, 0.6) is 5.75 Å². The van der Waals surface area contributed by atoms with E-state index in [2.05, 4.69) is 0 Å². The van der Waals surface area contributed by atoms with Crippen LogP contribution in [0.3, 0.4) is 0 Å². The Morgan fingerprint density at radius 2 is 1.85 bits per heavy atom. The topological polar surface area (TPSA) is 49.7 Å². The van der Waals surface area contributed by atoms with Gasteiger partial charge in [0.25, 0.3) is 0 Å². The Kier molecular flexibility index (Phi) is 7.10. The van der Waals surface area contributed by atoms with Crippen LogP contribution in [0.1, 0.15) is 45.1 Å². The number of benzene rings is 1. The van der Waals surface area contributed by atoms with E-state index in [0.717, 1.165) is 12.0 Å². The minimum Gasteiger partial charge on any atom is -0.492 e. The molecule has 0 fully saturated rings. The molecule has 0 aliphatic heterocycles. The molecule has 0 saturated heterocycles. The molecule has 0 spiro atoms. The van der Waals surface area contributed by atoms with Crippen molar-refractivity contribution in [1.29, 1.82) is 0 Å². The molecule has 3 atom stereocenters. The van der Waals surface area contributed by atoms with E-state index in [9.17, 15) is 10.2 Å². The first kappa shape index (κ1) is 17.6. The summed E-state index contributed by atoms with van der Waals surface area (Å²) in [6.07, 6.45) is -0.270. The van der Waals surface area contributed by atoms with Crippen LogP contribution in [0.4, 0.5) is 0 Å². The third-order valence-electron chi connectivity index (χ3n) is 3.17. The second-order valence-electron chi connectivity index (χ2n) is 5.10. The Labute approximate surface area is 130 Å². The van der Waals surface area contributed by atoms with Gasteiger partial charge < -0.3 is 14.9 Å². The fourth-order valence-corrected chi connectivity index (χ4v) is 2.55. The van der Waals surface area contributed by atoms with Gasteiger partial charge in [0.15, 0.2) is 0 Å². The first-order valence-corrected chi connectivity index (χ1v) is 7.60. The molecule has 114 valence electrons. The van der Waals surface area contributed by atoms with Crippen molar-refractivity contribution in [2.75, 3.05) is 6.61 Å². The molecule has 0 heterocycles. The largest absolute Gasteiger partial charge is 0.492 e. The molecule has 0 aliphatic carbocycles. The van der Waals surface area contributed by atoms with Gasteiger partial charge in [-0.15, -0.1) is 0 Å². The van der Waals surface area contributed by atoms with E-state index < -0.39 is 12.2 Å². The highest BCUT2D eigenvalue weighted by Gasteiger charge is 2.21. The highest BCUT2D eigenvalue weighted by Crippen LogP contribution is 2.38. The molecule has 1 rings (SSSR count). The highest BCUT2D eigenvalue weighted by molar-refractivity contribution is 6.35. The van der Waals surface area contributed by atoms with E-state index in [1.165, 1.54) is 0 Å². The van der Waals surface area contributed by atoms with Crippen LogP contribution in [0.25, 0.3) is 0 Å². The van der Waals surface area contributed by atoms with Crippen LogP contribution >= 0.6 is 23.2 Å². The fourth-order valence-electron chi connectivity index (χ4n) is 1.99. The molecule has 0 bridgehead atoms. The van der Waals surface area contributed by atoms with E-state index in [-0.39, 0.29) is 5.92 Å². The molecule has 0 saturated carbocycles. The van der Waals surface area contributed by atoms with E-state index in [4.69, 9.17) is 27.9 Å². The highest BCUT2D eigenvalue weighted by atomic mass is 35.5. The van der Waals surface area contributed by atoms with Crippen molar-refractivity contribution in [3.8, 4) is 5.75 Å². The summed E-state index contributed by atoms with van der Waals surface area (Å²) in [5, 5.41) is 20.2. The van der Waals surface area contributed by atoms with Gasteiger partial charge in [0.2, 0.25) is 0 Å². The van der Waals surface area contributed by atoms with Gasteiger partial charge in [-0.2, -0.15) is 0 Å². The third-order valence-corrected chi connectivity index (χ3v) is 3.67. The SMILES string of the molecule is CCCOc1c(Cl)cc(Cl)cc1C(C)CC(O)C(C)O. The van der Waals surface area contributed by atoms with Crippen molar-refractivity contribution >= 4 is 23.2 Å². The average molecular weight is 321 g/mol. The Balaban J connectivity index is 3.01. The summed E-state index contributed by atoms with van der Waals surface area (Å²) in [5.74, 6) is 0.589. The molecule has 0 amide bonds. The third kappa shape index (κ3) is 4.81. The molecule has 5 heteroatoms. The Morgan fingerprint density at radius 3 is 2.40 bits per heavy atom. The Hall–Kier alpha value is -0.480. The van der Waals surface area contributed by atoms with Gasteiger partial charge in [0.05, 0.1) is 23.8 Å². The van der Waals surface area contributed by atoms with Gasteiger partial charge in [-0.25, -0.2) is 0 Å². The lowest BCUT2D eigenvalue weighted by molar-refractivity contribution is 0.0226. The van der Waals surface area contributed by atoms with Crippen LogP contribution in [0.2, 0.25) is 10.0 Å². The van der Waals surface area contributed by atoms with Crippen LogP contribution in [0.15, 0.2) is 12.1 Å². The van der Waals surface area contributed by atoms with Crippen molar-refractivity contribution in [3.05, 3.63) is 27.7 Å². The fraction of sp³-hybridized carbons (Fsp3) is 0.600. The lowest BCUT2D eigenvalue weighted by Crippen LogP contribution is -2.24. The van der Waals surface area contributed by atoms with Crippen molar-refractivity contribution in [1.82, 2.24) is 0 Å². The van der Waals surface area contributed by atoms with Gasteiger partial charge in [-0.3, -0.25) is 0 Å². The smallest absolute Gasteiger partial charge is 0.141 e. The van der Waals surface area contributed by atoms with Crippen molar-refractivity contribution in [2.24, 2.45) is 0 Å². The Morgan fingerprint density at radius 1 is 1.20 bits per heavy atom. The molecule has 2 N–H and O–H groups in total. The average Bonchev–Trinajstić information content (AvgIpc) is 2.36. The number of aliphatic hydroxyl groups is 2. The summed E-state index contributed by atoms with van der Waals surface area (Å²) in [4.78, 5) is 0. The minimum atomic E-state index is -0.790. The molecule has 0 aliphatic rings. The second kappa shape index (κ2) is 8.08. The first-order valence-electron chi connectivity index (χ1n) is 6.84. The van der Waals surface area contributed by atoms with E-state index >= 15 is 0 Å². The number of hydrogen-bond acceptors (Lipinski definition) is 3. The molecule has 0 radical (unpaired) electrons. The minimum absolute atomic E-state index is 0.0253. The summed E-state index contributed by atoms with van der Waals surface area (Å²) < 4.78 is 5.70. The first-order chi connectivity index (χ1) is 9.36. The normalized spacial score (nSPS) is 15.8. The Bertz CT molecular complexity index is 435. The predicted molar refractivity (Wildman–Crippen MR) is 83.0 cm³/mol. The van der Waals surface area contributed by atoms with Gasteiger partial charge >= 0.3 is 0 Å². The number of aliphatic hydroxyl groups excluding tert-OH is 2. The molecule has 3 nitrogen and oxygen atoms in total. The standard InChI is InChI=1S/C15H22Cl2O3/c1-4-5-20-15-12(7-11(16)8-13(15)17)9(2)6-14(19)10(3)18/h7-10,14,18-19H,4-6H2,1-3H3. The van der Waals surface area contributed by atoms with Crippen LogP contribution in [-0.2, 0) is 0 Å². The van der Waals surface area contributed by atoms with Crippen LogP contribution in [0, 0.1) is 0 Å². The number of ether oxygens (including phenoxy) is 1. The van der Waals surface area contributed by atoms with Gasteiger partial charge in [0.1, 0.15) is 5.75 Å².